The third kappa shape index (κ3) is 2.96. The molecule has 0 spiro atoms. The first-order valence-electron chi connectivity index (χ1n) is 3.57. The van der Waals surface area contributed by atoms with Crippen LogP contribution in [0, 0.1) is 0 Å². The topological polar surface area (TPSA) is 20.2 Å². The Balaban J connectivity index is 2.46. The minimum Gasteiger partial charge on any atom is -0.380 e. The lowest BCUT2D eigenvalue weighted by molar-refractivity contribution is -0.107. The van der Waals surface area contributed by atoms with E-state index in [1.54, 1.807) is 0 Å². The Labute approximate surface area is 64.0 Å². The van der Waals surface area contributed by atoms with Gasteiger partial charge in [0.05, 0.1) is 6.16 Å². The van der Waals surface area contributed by atoms with Gasteiger partial charge in [0.15, 0.2) is 0 Å². The van der Waals surface area contributed by atoms with E-state index in [-0.39, 0.29) is 0 Å². The first-order valence-corrected chi connectivity index (χ1v) is 5.87. The van der Waals surface area contributed by atoms with Crippen LogP contribution in [0.1, 0.15) is 12.8 Å². The Kier molecular flexibility index (Phi) is 2.45. The van der Waals surface area contributed by atoms with Gasteiger partial charge in [0.1, 0.15) is 0 Å². The van der Waals surface area contributed by atoms with Crippen LogP contribution in [0.4, 0.5) is 13.2 Å². The Hall–Kier alpha value is 0.180. The van der Waals surface area contributed by atoms with Gasteiger partial charge in [0.25, 0.3) is 0 Å². The molecule has 1 fully saturated rings. The van der Waals surface area contributed by atoms with E-state index in [1.165, 1.54) is 0 Å². The van der Waals surface area contributed by atoms with Crippen molar-refractivity contribution in [2.75, 3.05) is 18.5 Å². The number of rotatable bonds is 1. The van der Waals surface area contributed by atoms with E-state index < -0.39 is 19.8 Å². The molecule has 5 heteroatoms. The molecule has 0 aliphatic carbocycles. The molecule has 1 rings (SSSR count). The lowest BCUT2D eigenvalue weighted by atomic mass is 10.4. The second-order valence-corrected chi connectivity index (χ2v) is 6.42. The largest absolute Gasteiger partial charge is 0.394 e. The van der Waals surface area contributed by atoms with Gasteiger partial charge in [0, 0.05) is 0 Å². The fourth-order valence-corrected chi connectivity index (χ4v) is 4.25. The van der Waals surface area contributed by atoms with Crippen LogP contribution in [0.25, 0.3) is 0 Å². The first-order chi connectivity index (χ1) is 4.91. The quantitative estimate of drug-likeness (QED) is 0.624. The third-order valence-electron chi connectivity index (χ3n) is 1.87. The molecule has 1 aliphatic rings. The van der Waals surface area contributed by atoms with Gasteiger partial charge in [0.2, 0.25) is 0 Å². The van der Waals surface area contributed by atoms with Crippen LogP contribution in [0.15, 0.2) is 0 Å². The summed E-state index contributed by atoms with van der Waals surface area (Å²) in [7, 11) is -2.57. The van der Waals surface area contributed by atoms with Crippen molar-refractivity contribution in [1.82, 2.24) is 0 Å². The van der Waals surface area contributed by atoms with Gasteiger partial charge in [-0.25, -0.2) is 0 Å². The Bertz CT molecular complexity index is 139. The maximum atomic E-state index is 11.8. The Morgan fingerprint density at radius 1 is 1.18 bits per heavy atom. The maximum absolute atomic E-state index is 11.8. The summed E-state index contributed by atoms with van der Waals surface area (Å²) >= 11 is 0. The Morgan fingerprint density at radius 2 is 1.64 bits per heavy atom. The molecule has 0 aromatic heterocycles. The minimum atomic E-state index is -4.17. The van der Waals surface area contributed by atoms with E-state index in [0.29, 0.717) is 12.3 Å². The highest BCUT2D eigenvalue weighted by molar-refractivity contribution is 7.70. The van der Waals surface area contributed by atoms with Crippen molar-refractivity contribution in [2.45, 2.75) is 19.0 Å². The smallest absolute Gasteiger partial charge is 0.380 e. The molecule has 1 aliphatic heterocycles. The van der Waals surface area contributed by atoms with Gasteiger partial charge in [-0.3, -0.25) is 0 Å². The zero-order valence-electron chi connectivity index (χ0n) is 6.06. The van der Waals surface area contributed by atoms with Gasteiger partial charge in [-0.2, -0.15) is 13.2 Å². The summed E-state index contributed by atoms with van der Waals surface area (Å²) in [5.41, 5.74) is 0. The second-order valence-electron chi connectivity index (χ2n) is 3.02. The van der Waals surface area contributed by atoms with Crippen molar-refractivity contribution >= 4 is 7.49 Å². The Morgan fingerprint density at radius 3 is 2.00 bits per heavy atom. The van der Waals surface area contributed by atoms with Gasteiger partial charge >= 0.3 is 6.18 Å². The number of alkyl halides is 3. The van der Waals surface area contributed by atoms with E-state index in [4.69, 9.17) is 0 Å². The van der Waals surface area contributed by atoms with Crippen molar-refractivity contribution in [3.8, 4) is 0 Å². The molecule has 0 saturated carbocycles. The standard InChI is InChI=1S/C6H11F3OP/c7-6(8,9)5-11(10)3-1-2-4-11/h10H,1-5H2. The molecule has 1 nitrogen and oxygen atoms in total. The molecule has 0 aromatic carbocycles. The maximum Gasteiger partial charge on any atom is 0.394 e. The normalized spacial score (nSPS) is 24.0. The molecule has 0 unspecified atom stereocenters. The number of hydrogen-bond donors (Lipinski definition) is 1. The van der Waals surface area contributed by atoms with Crippen molar-refractivity contribution in [3.63, 3.8) is 0 Å². The second kappa shape index (κ2) is 2.91. The summed E-state index contributed by atoms with van der Waals surface area (Å²) in [6.07, 6.45) is -2.76. The van der Waals surface area contributed by atoms with Crippen LogP contribution < -0.4 is 0 Å². The van der Waals surface area contributed by atoms with E-state index in [2.05, 4.69) is 0 Å². The molecule has 1 saturated heterocycles. The van der Waals surface area contributed by atoms with E-state index in [1.807, 2.05) is 0 Å². The predicted molar refractivity (Wildman–Crippen MR) is 39.0 cm³/mol. The van der Waals surface area contributed by atoms with E-state index >= 15 is 0 Å². The molecular formula is C6H11F3OP. The van der Waals surface area contributed by atoms with Crippen LogP contribution in [-0.4, -0.2) is 29.6 Å². The average molecular weight is 187 g/mol. The van der Waals surface area contributed by atoms with Crippen LogP contribution >= 0.6 is 7.49 Å². The lowest BCUT2D eigenvalue weighted by Gasteiger charge is -2.25. The third-order valence-corrected chi connectivity index (χ3v) is 5.12. The van der Waals surface area contributed by atoms with Crippen molar-refractivity contribution in [1.29, 1.82) is 0 Å². The van der Waals surface area contributed by atoms with E-state index in [9.17, 15) is 18.1 Å². The fourth-order valence-electron chi connectivity index (χ4n) is 1.42. The summed E-state index contributed by atoms with van der Waals surface area (Å²) in [6, 6.07) is 0. The summed E-state index contributed by atoms with van der Waals surface area (Å²) in [5.74, 6) is 0. The molecule has 0 amide bonds. The predicted octanol–water partition coefficient (Wildman–Crippen LogP) is 2.27. The molecular weight excluding hydrogens is 176 g/mol. The molecule has 0 aromatic rings. The summed E-state index contributed by atoms with van der Waals surface area (Å²) < 4.78 is 35.5. The van der Waals surface area contributed by atoms with Crippen molar-refractivity contribution < 1.29 is 18.1 Å². The monoisotopic (exact) mass is 187 g/mol. The summed E-state index contributed by atoms with van der Waals surface area (Å²) in [6.45, 7) is 0. The first kappa shape index (κ1) is 9.27. The zero-order chi connectivity index (χ0) is 8.54. The lowest BCUT2D eigenvalue weighted by Crippen LogP contribution is -2.18. The molecule has 0 bridgehead atoms. The number of hydrogen-bond acceptors (Lipinski definition) is 1. The molecule has 1 heterocycles. The van der Waals surface area contributed by atoms with Gasteiger partial charge < -0.3 is 4.89 Å². The molecule has 11 heavy (non-hydrogen) atoms. The van der Waals surface area contributed by atoms with Crippen LogP contribution in [0.3, 0.4) is 0 Å². The molecule has 67 valence electrons. The van der Waals surface area contributed by atoms with Crippen molar-refractivity contribution in [3.05, 3.63) is 0 Å². The molecule has 1 N–H and O–H groups in total. The minimum absolute atomic E-state index is 0.409. The molecule has 1 radical (unpaired) electrons. The highest BCUT2D eigenvalue weighted by atomic mass is 31.2. The van der Waals surface area contributed by atoms with Crippen LogP contribution in [-0.2, 0) is 0 Å². The SMILES string of the molecule is O[P]1(CC(F)(F)F)CCCC1. The van der Waals surface area contributed by atoms with Gasteiger partial charge in [-0.15, -0.1) is 0 Å². The highest BCUT2D eigenvalue weighted by Crippen LogP contribution is 2.62. The fraction of sp³-hybridized carbons (Fsp3) is 1.00. The van der Waals surface area contributed by atoms with Gasteiger partial charge in [-0.1, -0.05) is 0 Å². The summed E-state index contributed by atoms with van der Waals surface area (Å²) in [4.78, 5) is 9.42. The van der Waals surface area contributed by atoms with Gasteiger partial charge in [-0.05, 0) is 32.7 Å². The average Bonchev–Trinajstić information content (AvgIpc) is 2.09. The summed E-state index contributed by atoms with van der Waals surface area (Å²) in [5, 5.41) is 0. The molecule has 0 atom stereocenters. The van der Waals surface area contributed by atoms with Crippen LogP contribution in [0.2, 0.25) is 0 Å². The van der Waals surface area contributed by atoms with Crippen LogP contribution in [0.5, 0.6) is 0 Å². The van der Waals surface area contributed by atoms with E-state index in [0.717, 1.165) is 12.8 Å². The highest BCUT2D eigenvalue weighted by Gasteiger charge is 2.41. The number of halogens is 3. The van der Waals surface area contributed by atoms with Crippen molar-refractivity contribution in [2.24, 2.45) is 0 Å². The zero-order valence-corrected chi connectivity index (χ0v) is 6.96.